The Hall–Kier alpha value is -4.27. The van der Waals surface area contributed by atoms with Gasteiger partial charge in [-0.3, -0.25) is 4.79 Å². The normalized spacial score (nSPS) is 18.4. The van der Waals surface area contributed by atoms with Crippen molar-refractivity contribution in [3.63, 3.8) is 0 Å². The Morgan fingerprint density at radius 1 is 1.17 bits per heavy atom. The van der Waals surface area contributed by atoms with E-state index in [2.05, 4.69) is 33.5 Å². The van der Waals surface area contributed by atoms with Crippen molar-refractivity contribution in [1.29, 1.82) is 5.26 Å². The summed E-state index contributed by atoms with van der Waals surface area (Å²) in [5.41, 5.74) is -0.136. The molecule has 0 radical (unpaired) electrons. The first-order valence-electron chi connectivity index (χ1n) is 15.5. The summed E-state index contributed by atoms with van der Waals surface area (Å²) in [4.78, 5) is 35.1. The number of rotatable bonds is 12. The highest BCUT2D eigenvalue weighted by Crippen LogP contribution is 2.47. The average molecular weight is 652 g/mol. The number of alkyl carbamates (subject to hydrolysis) is 1. The molecule has 2 unspecified atom stereocenters. The van der Waals surface area contributed by atoms with E-state index in [4.69, 9.17) is 14.5 Å². The molecule has 13 nitrogen and oxygen atoms in total. The van der Waals surface area contributed by atoms with Crippen LogP contribution in [0.25, 0.3) is 11.0 Å². The monoisotopic (exact) mass is 651 g/mol. The van der Waals surface area contributed by atoms with E-state index in [1.54, 1.807) is 23.2 Å². The summed E-state index contributed by atoms with van der Waals surface area (Å²) in [6, 6.07) is 12.7. The summed E-state index contributed by atoms with van der Waals surface area (Å²) in [5.74, 6) is 1.30. The van der Waals surface area contributed by atoms with Gasteiger partial charge in [-0.15, -0.1) is 0 Å². The molecule has 0 spiro atoms. The maximum absolute atomic E-state index is 14.5. The molecule has 2 amide bonds. The lowest BCUT2D eigenvalue weighted by molar-refractivity contribution is -0.405. The van der Waals surface area contributed by atoms with E-state index in [-0.39, 0.29) is 18.2 Å². The van der Waals surface area contributed by atoms with E-state index in [0.29, 0.717) is 67.5 Å². The lowest BCUT2D eigenvalue weighted by atomic mass is 9.87. The second-order valence-corrected chi connectivity index (χ2v) is 14.4. The van der Waals surface area contributed by atoms with Gasteiger partial charge in [-0.05, 0) is 69.1 Å². The fraction of sp³-hybridized carbons (Fsp3) is 0.500. The third kappa shape index (κ3) is 9.14. The molecule has 1 saturated heterocycles. The van der Waals surface area contributed by atoms with Gasteiger partial charge in [0, 0.05) is 38.3 Å². The van der Waals surface area contributed by atoms with Gasteiger partial charge in [0.25, 0.3) is 0 Å². The zero-order valence-corrected chi connectivity index (χ0v) is 28.1. The fourth-order valence-electron chi connectivity index (χ4n) is 5.23. The Balaban J connectivity index is 1.53. The van der Waals surface area contributed by atoms with E-state index < -0.39 is 19.4 Å². The fourth-order valence-corrected chi connectivity index (χ4v) is 7.03. The van der Waals surface area contributed by atoms with Gasteiger partial charge < -0.3 is 19.5 Å². The molecular formula is C32H44N8O5P+. The topological polar surface area (TPSA) is 154 Å². The number of ether oxygens (including phenoxy) is 1. The predicted molar refractivity (Wildman–Crippen MR) is 175 cm³/mol. The lowest BCUT2D eigenvalue weighted by Gasteiger charge is -2.34. The third-order valence-electron chi connectivity index (χ3n) is 7.63. The van der Waals surface area contributed by atoms with Crippen LogP contribution in [0, 0.1) is 23.2 Å². The number of amides is 2. The maximum atomic E-state index is 14.5. The Labute approximate surface area is 270 Å². The van der Waals surface area contributed by atoms with Gasteiger partial charge in [0.1, 0.15) is 23.2 Å². The minimum Gasteiger partial charge on any atom is -0.444 e. The molecule has 3 aromatic rings. The number of hydrogen-bond acceptors (Lipinski definition) is 8. The highest BCUT2D eigenvalue weighted by atomic mass is 31.2. The molecule has 3 heterocycles. The number of piperidine rings is 1. The lowest BCUT2D eigenvalue weighted by Crippen LogP contribution is -2.44. The zero-order valence-electron chi connectivity index (χ0n) is 27.2. The van der Waals surface area contributed by atoms with Crippen LogP contribution in [0.3, 0.4) is 0 Å². The SMILES string of the molecule is C[C@@H]1CCN(C(=O)CC#N)CC1/C=[N+](/C)c1ncnc2c1ccn2P(=O)(NCCCCNC(=O)OC(C)(C)C)Oc1ccccc1. The number of likely N-dealkylation sites (tertiary alicyclic amines) is 1. The number of benzene rings is 1. The van der Waals surface area contributed by atoms with Gasteiger partial charge in [0.05, 0.1) is 19.3 Å². The molecule has 14 heteroatoms. The molecule has 0 saturated carbocycles. The first-order valence-corrected chi connectivity index (χ1v) is 17.1. The molecule has 1 aliphatic rings. The van der Waals surface area contributed by atoms with Crippen molar-refractivity contribution in [2.75, 3.05) is 33.2 Å². The number of fused-ring (bicyclic) bond motifs is 1. The highest BCUT2D eigenvalue weighted by molar-refractivity contribution is 7.55. The van der Waals surface area contributed by atoms with Gasteiger partial charge in [-0.25, -0.2) is 23.4 Å². The van der Waals surface area contributed by atoms with Gasteiger partial charge in [0.2, 0.25) is 12.2 Å². The van der Waals surface area contributed by atoms with E-state index in [0.717, 1.165) is 6.42 Å². The molecule has 3 atom stereocenters. The minimum absolute atomic E-state index is 0.0625. The molecule has 2 N–H and O–H groups in total. The van der Waals surface area contributed by atoms with Crippen molar-refractivity contribution in [2.24, 2.45) is 11.8 Å². The van der Waals surface area contributed by atoms with Crippen LogP contribution < -0.4 is 14.9 Å². The summed E-state index contributed by atoms with van der Waals surface area (Å²) in [6.45, 7) is 9.51. The Morgan fingerprint density at radius 3 is 2.63 bits per heavy atom. The van der Waals surface area contributed by atoms with Crippen LogP contribution in [-0.2, 0) is 14.1 Å². The number of carbonyl (C=O) groups is 2. The van der Waals surface area contributed by atoms with Crippen LogP contribution in [0.4, 0.5) is 10.6 Å². The van der Waals surface area contributed by atoms with Gasteiger partial charge in [-0.1, -0.05) is 25.1 Å². The molecule has 1 aliphatic heterocycles. The van der Waals surface area contributed by atoms with Crippen LogP contribution >= 0.6 is 7.67 Å². The Morgan fingerprint density at radius 2 is 1.91 bits per heavy atom. The van der Waals surface area contributed by atoms with Crippen molar-refractivity contribution >= 4 is 42.7 Å². The predicted octanol–water partition coefficient (Wildman–Crippen LogP) is 5.10. The van der Waals surface area contributed by atoms with E-state index in [1.807, 2.05) is 62.7 Å². The van der Waals surface area contributed by atoms with Gasteiger partial charge in [-0.2, -0.15) is 10.2 Å². The first-order chi connectivity index (χ1) is 21.9. The van der Waals surface area contributed by atoms with Crippen molar-refractivity contribution in [3.8, 4) is 11.8 Å². The summed E-state index contributed by atoms with van der Waals surface area (Å²) in [5, 5.41) is 15.5. The number of nitrogens with zero attached hydrogens (tertiary/aromatic N) is 6. The van der Waals surface area contributed by atoms with Crippen molar-refractivity contribution in [3.05, 3.63) is 48.9 Å². The Bertz CT molecular complexity index is 1630. The molecule has 1 fully saturated rings. The average Bonchev–Trinajstić information content (AvgIpc) is 3.45. The molecular weight excluding hydrogens is 607 g/mol. The van der Waals surface area contributed by atoms with Crippen molar-refractivity contribution in [1.82, 2.24) is 29.6 Å². The van der Waals surface area contributed by atoms with E-state index in [1.165, 1.54) is 10.7 Å². The number of hydrogen-bond donors (Lipinski definition) is 2. The molecule has 4 rings (SSSR count). The Kier molecular flexibility index (Phi) is 11.5. The van der Waals surface area contributed by atoms with Crippen LogP contribution in [0.15, 0.2) is 48.9 Å². The van der Waals surface area contributed by atoms with Crippen LogP contribution in [0.5, 0.6) is 5.75 Å². The molecule has 0 aliphatic carbocycles. The van der Waals surface area contributed by atoms with Gasteiger partial charge in [0.15, 0.2) is 5.65 Å². The van der Waals surface area contributed by atoms with Crippen LogP contribution in [0.2, 0.25) is 0 Å². The molecule has 0 bridgehead atoms. The maximum Gasteiger partial charge on any atom is 0.425 e. The summed E-state index contributed by atoms with van der Waals surface area (Å²) in [7, 11) is -1.85. The van der Waals surface area contributed by atoms with Crippen LogP contribution in [-0.4, -0.2) is 80.8 Å². The second-order valence-electron chi connectivity index (χ2n) is 12.4. The van der Waals surface area contributed by atoms with Gasteiger partial charge >= 0.3 is 19.6 Å². The smallest absolute Gasteiger partial charge is 0.425 e. The first kappa shape index (κ1) is 34.6. The molecule has 246 valence electrons. The number of nitrogens with one attached hydrogen (secondary N) is 2. The standard InChI is InChI=1S/C32H43N8O5P/c1-24-14-19-39(28(41)13-16-33)22-25(24)21-38(5)29-27-15-20-40(30(27)36-23-35-29)46(43,45-26-11-7-6-8-12-26)37-18-10-9-17-34-31(42)44-32(2,3)4/h6-8,11-12,15,20-21,23-25H,9-10,13-14,17-19,22H2,1-5H3,(H-,34,37,42,43)/p+1/b38-21-/t24-,25?,46?/m1/s1. The summed E-state index contributed by atoms with van der Waals surface area (Å²) >= 11 is 0. The number of para-hydroxylation sites is 1. The van der Waals surface area contributed by atoms with Crippen molar-refractivity contribution in [2.45, 2.75) is 59.0 Å². The van der Waals surface area contributed by atoms with E-state index in [9.17, 15) is 14.2 Å². The molecule has 46 heavy (non-hydrogen) atoms. The molecule has 2 aromatic heterocycles. The second kappa shape index (κ2) is 15.3. The quantitative estimate of drug-likeness (QED) is 0.118. The largest absolute Gasteiger partial charge is 0.444 e. The zero-order chi connectivity index (χ0) is 33.3. The number of nitriles is 1. The highest BCUT2D eigenvalue weighted by Gasteiger charge is 2.33. The number of carbonyl (C=O) groups excluding carboxylic acids is 2. The summed E-state index contributed by atoms with van der Waals surface area (Å²) < 4.78 is 29.4. The molecule has 1 aromatic carbocycles. The van der Waals surface area contributed by atoms with E-state index >= 15 is 0 Å². The number of aromatic nitrogens is 3. The van der Waals surface area contributed by atoms with Crippen molar-refractivity contribution < 1.29 is 28.0 Å². The summed E-state index contributed by atoms with van der Waals surface area (Å²) in [6.07, 6.45) is 6.66. The number of unbranched alkanes of at least 4 members (excludes halogenated alkanes) is 1. The third-order valence-corrected chi connectivity index (χ3v) is 9.60. The minimum atomic E-state index is -3.74. The van der Waals surface area contributed by atoms with Crippen LogP contribution in [0.1, 0.15) is 53.4 Å².